The molecule has 1 N–H and O–H groups in total. The van der Waals surface area contributed by atoms with Gasteiger partial charge in [0.05, 0.1) is 5.56 Å². The fourth-order valence-electron chi connectivity index (χ4n) is 3.79. The molecular formula is C22H18N2O3S. The van der Waals surface area contributed by atoms with Gasteiger partial charge in [0.25, 0.3) is 5.91 Å². The van der Waals surface area contributed by atoms with Gasteiger partial charge in [0.1, 0.15) is 17.6 Å². The molecule has 4 rings (SSSR count). The number of benzene rings is 2. The van der Waals surface area contributed by atoms with Gasteiger partial charge in [0, 0.05) is 10.4 Å². The number of hydrogen-bond donors (Lipinski definition) is 1. The summed E-state index contributed by atoms with van der Waals surface area (Å²) in [5.74, 6) is -1.50. The number of thiophene rings is 1. The third-order valence-corrected chi connectivity index (χ3v) is 6.38. The van der Waals surface area contributed by atoms with Gasteiger partial charge in [-0.1, -0.05) is 36.4 Å². The highest BCUT2D eigenvalue weighted by Gasteiger charge is 2.29. The van der Waals surface area contributed by atoms with Crippen LogP contribution in [0.2, 0.25) is 0 Å². The van der Waals surface area contributed by atoms with E-state index in [-0.39, 0.29) is 0 Å². The second kappa shape index (κ2) is 7.45. The summed E-state index contributed by atoms with van der Waals surface area (Å²) in [7, 11) is 0. The molecular weight excluding hydrogens is 372 g/mol. The minimum atomic E-state index is -1.11. The molecule has 1 amide bonds. The summed E-state index contributed by atoms with van der Waals surface area (Å²) in [6.07, 6.45) is 3.73. The molecule has 0 saturated carbocycles. The van der Waals surface area contributed by atoms with E-state index >= 15 is 0 Å². The molecule has 28 heavy (non-hydrogen) atoms. The van der Waals surface area contributed by atoms with E-state index in [1.165, 1.54) is 16.2 Å². The van der Waals surface area contributed by atoms with E-state index in [0.717, 1.165) is 46.9 Å². The average Bonchev–Trinajstić information content (AvgIpc) is 3.09. The standard InChI is InChI=1S/C22H18N2O3S/c23-12-18-16-9-3-4-11-19(16)28-22(18)24(13-20(25)26)21(27)17-10-5-7-14-6-1-2-8-15(14)17/h1-2,5-8,10H,3-4,9,11,13H2,(H,25,26). The van der Waals surface area contributed by atoms with E-state index in [4.69, 9.17) is 0 Å². The minimum Gasteiger partial charge on any atom is -0.480 e. The fraction of sp³-hybridized carbons (Fsp3) is 0.227. The molecule has 0 radical (unpaired) electrons. The Morgan fingerprint density at radius 1 is 1.11 bits per heavy atom. The Hall–Kier alpha value is -3.17. The summed E-state index contributed by atoms with van der Waals surface area (Å²) in [6, 6.07) is 15.2. The highest BCUT2D eigenvalue weighted by molar-refractivity contribution is 7.16. The Morgan fingerprint density at radius 3 is 2.64 bits per heavy atom. The largest absolute Gasteiger partial charge is 0.480 e. The van der Waals surface area contributed by atoms with Crippen LogP contribution in [0.1, 0.15) is 39.2 Å². The molecule has 1 aliphatic rings. The molecule has 5 nitrogen and oxygen atoms in total. The van der Waals surface area contributed by atoms with Gasteiger partial charge in [-0.2, -0.15) is 5.26 Å². The molecule has 1 aliphatic carbocycles. The zero-order valence-electron chi connectivity index (χ0n) is 15.1. The van der Waals surface area contributed by atoms with Crippen molar-refractivity contribution in [1.82, 2.24) is 0 Å². The number of hydrogen-bond acceptors (Lipinski definition) is 4. The van der Waals surface area contributed by atoms with Crippen molar-refractivity contribution in [3.63, 3.8) is 0 Å². The van der Waals surface area contributed by atoms with Crippen LogP contribution in [0.25, 0.3) is 10.8 Å². The van der Waals surface area contributed by atoms with Gasteiger partial charge in [-0.15, -0.1) is 11.3 Å². The van der Waals surface area contributed by atoms with Gasteiger partial charge in [-0.3, -0.25) is 14.5 Å². The van der Waals surface area contributed by atoms with Crippen LogP contribution in [-0.4, -0.2) is 23.5 Å². The Kier molecular flexibility index (Phi) is 4.84. The number of aryl methyl sites for hydroxylation is 1. The number of aliphatic carboxylic acids is 1. The second-order valence-electron chi connectivity index (χ2n) is 6.81. The lowest BCUT2D eigenvalue weighted by molar-refractivity contribution is -0.135. The summed E-state index contributed by atoms with van der Waals surface area (Å²) < 4.78 is 0. The van der Waals surface area contributed by atoms with Crippen LogP contribution >= 0.6 is 11.3 Å². The van der Waals surface area contributed by atoms with E-state index < -0.39 is 18.4 Å². The second-order valence-corrected chi connectivity index (χ2v) is 7.90. The van der Waals surface area contributed by atoms with Crippen LogP contribution in [0, 0.1) is 11.3 Å². The molecule has 2 aromatic carbocycles. The lowest BCUT2D eigenvalue weighted by Gasteiger charge is -2.20. The molecule has 0 aliphatic heterocycles. The number of anilines is 1. The van der Waals surface area contributed by atoms with Crippen LogP contribution in [0.4, 0.5) is 5.00 Å². The lowest BCUT2D eigenvalue weighted by Crippen LogP contribution is -2.35. The topological polar surface area (TPSA) is 81.4 Å². The van der Waals surface area contributed by atoms with Crippen molar-refractivity contribution in [2.45, 2.75) is 25.7 Å². The minimum absolute atomic E-state index is 0.394. The third kappa shape index (κ3) is 3.14. The quantitative estimate of drug-likeness (QED) is 0.717. The fourth-order valence-corrected chi connectivity index (χ4v) is 5.12. The zero-order chi connectivity index (χ0) is 19.7. The maximum atomic E-state index is 13.4. The van der Waals surface area contributed by atoms with Crippen LogP contribution in [0.5, 0.6) is 0 Å². The van der Waals surface area contributed by atoms with Gasteiger partial charge >= 0.3 is 5.97 Å². The molecule has 0 unspecified atom stereocenters. The summed E-state index contributed by atoms with van der Waals surface area (Å²) in [6.45, 7) is -0.476. The number of carbonyl (C=O) groups excluding carboxylic acids is 1. The van der Waals surface area contributed by atoms with Crippen LogP contribution in [-0.2, 0) is 17.6 Å². The van der Waals surface area contributed by atoms with Gasteiger partial charge in [-0.25, -0.2) is 0 Å². The first-order valence-electron chi connectivity index (χ1n) is 9.16. The zero-order valence-corrected chi connectivity index (χ0v) is 16.0. The number of amides is 1. The highest BCUT2D eigenvalue weighted by Crippen LogP contribution is 2.40. The summed E-state index contributed by atoms with van der Waals surface area (Å²) in [4.78, 5) is 27.3. The van der Waals surface area contributed by atoms with E-state index in [0.29, 0.717) is 16.1 Å². The summed E-state index contributed by atoms with van der Waals surface area (Å²) >= 11 is 1.38. The highest BCUT2D eigenvalue weighted by atomic mass is 32.1. The van der Waals surface area contributed by atoms with Crippen molar-refractivity contribution in [3.8, 4) is 6.07 Å². The molecule has 0 fully saturated rings. The Labute approximate surface area is 166 Å². The molecule has 0 spiro atoms. The SMILES string of the molecule is N#Cc1c(N(CC(=O)O)C(=O)c2cccc3ccccc23)sc2c1CCCC2. The Morgan fingerprint density at radius 2 is 1.86 bits per heavy atom. The molecule has 0 atom stereocenters. The normalized spacial score (nSPS) is 13.0. The molecule has 1 aromatic heterocycles. The van der Waals surface area contributed by atoms with Crippen molar-refractivity contribution in [2.75, 3.05) is 11.4 Å². The Bertz CT molecular complexity index is 1120. The number of carbonyl (C=O) groups is 2. The van der Waals surface area contributed by atoms with Crippen LogP contribution < -0.4 is 4.90 Å². The summed E-state index contributed by atoms with van der Waals surface area (Å²) in [5, 5.41) is 21.3. The van der Waals surface area contributed by atoms with Crippen LogP contribution in [0.15, 0.2) is 42.5 Å². The van der Waals surface area contributed by atoms with Crippen LogP contribution in [0.3, 0.4) is 0 Å². The Balaban J connectivity index is 1.85. The third-order valence-electron chi connectivity index (χ3n) is 5.07. The van der Waals surface area contributed by atoms with E-state index in [9.17, 15) is 20.0 Å². The lowest BCUT2D eigenvalue weighted by atomic mass is 9.96. The number of nitriles is 1. The number of carboxylic acid groups (broad SMARTS) is 1. The van der Waals surface area contributed by atoms with E-state index in [1.807, 2.05) is 30.3 Å². The summed E-state index contributed by atoms with van der Waals surface area (Å²) in [5.41, 5.74) is 1.87. The number of rotatable bonds is 4. The maximum Gasteiger partial charge on any atom is 0.323 e. The van der Waals surface area contributed by atoms with Gasteiger partial charge in [0.2, 0.25) is 0 Å². The predicted molar refractivity (Wildman–Crippen MR) is 109 cm³/mol. The van der Waals surface area contributed by atoms with E-state index in [2.05, 4.69) is 6.07 Å². The first kappa shape index (κ1) is 18.2. The molecule has 140 valence electrons. The smallest absolute Gasteiger partial charge is 0.323 e. The number of nitrogens with zero attached hydrogens (tertiary/aromatic N) is 2. The first-order valence-corrected chi connectivity index (χ1v) is 9.98. The molecule has 0 bridgehead atoms. The van der Waals surface area contributed by atoms with E-state index in [1.54, 1.807) is 12.1 Å². The van der Waals surface area contributed by atoms with Crippen molar-refractivity contribution in [3.05, 3.63) is 64.0 Å². The molecule has 6 heteroatoms. The van der Waals surface area contributed by atoms with Gasteiger partial charge < -0.3 is 5.11 Å². The van der Waals surface area contributed by atoms with Crippen molar-refractivity contribution in [1.29, 1.82) is 5.26 Å². The molecule has 3 aromatic rings. The monoisotopic (exact) mass is 390 g/mol. The maximum absolute atomic E-state index is 13.4. The first-order chi connectivity index (χ1) is 13.6. The van der Waals surface area contributed by atoms with Crippen molar-refractivity contribution in [2.24, 2.45) is 0 Å². The average molecular weight is 390 g/mol. The predicted octanol–water partition coefficient (Wildman–Crippen LogP) is 4.38. The van der Waals surface area contributed by atoms with Crippen molar-refractivity contribution < 1.29 is 14.7 Å². The van der Waals surface area contributed by atoms with Gasteiger partial charge in [-0.05, 0) is 48.1 Å². The molecule has 0 saturated heterocycles. The number of fused-ring (bicyclic) bond motifs is 2. The molecule has 1 heterocycles. The number of carboxylic acids is 1. The van der Waals surface area contributed by atoms with Crippen molar-refractivity contribution >= 4 is 39.0 Å². The van der Waals surface area contributed by atoms with Gasteiger partial charge in [0.15, 0.2) is 0 Å².